The first kappa shape index (κ1) is 16.0. The molecule has 0 amide bonds. The van der Waals surface area contributed by atoms with Crippen LogP contribution in [0.3, 0.4) is 0 Å². The van der Waals surface area contributed by atoms with Gasteiger partial charge in [0, 0.05) is 25.2 Å². The van der Waals surface area contributed by atoms with Gasteiger partial charge in [-0.05, 0) is 19.8 Å². The van der Waals surface area contributed by atoms with Gasteiger partial charge in [-0.3, -0.25) is 0 Å². The number of carboxylic acid groups (broad SMARTS) is 1. The second-order valence-electron chi connectivity index (χ2n) is 5.82. The Hall–Kier alpha value is -1.40. The summed E-state index contributed by atoms with van der Waals surface area (Å²) in [6.07, 6.45) is 9.07. The predicted octanol–water partition coefficient (Wildman–Crippen LogP) is 1.75. The number of nitrogens with zero attached hydrogens (tertiary/aromatic N) is 2. The molecule has 0 radical (unpaired) electrons. The van der Waals surface area contributed by atoms with Crippen molar-refractivity contribution in [1.29, 1.82) is 0 Å². The van der Waals surface area contributed by atoms with Crippen LogP contribution in [-0.2, 0) is 16.0 Å². The van der Waals surface area contributed by atoms with E-state index in [0.29, 0.717) is 12.6 Å². The first-order chi connectivity index (χ1) is 10.1. The zero-order chi connectivity index (χ0) is 15.2. The fraction of sp³-hybridized carbons (Fsp3) is 0.733. The lowest BCUT2D eigenvalue weighted by atomic mass is 9.95. The molecule has 1 aromatic heterocycles. The second kappa shape index (κ2) is 7.56. The minimum Gasteiger partial charge on any atom is -0.479 e. The number of aromatic nitrogens is 2. The lowest BCUT2D eigenvalue weighted by Gasteiger charge is -2.22. The highest BCUT2D eigenvalue weighted by atomic mass is 16.5. The molecule has 1 aromatic rings. The molecule has 0 bridgehead atoms. The van der Waals surface area contributed by atoms with E-state index in [9.17, 15) is 9.90 Å². The van der Waals surface area contributed by atoms with Crippen molar-refractivity contribution >= 4 is 5.97 Å². The number of aliphatic carboxylic acids is 1. The topological polar surface area (TPSA) is 90.4 Å². The Morgan fingerprint density at radius 3 is 2.86 bits per heavy atom. The monoisotopic (exact) mass is 295 g/mol. The fourth-order valence-corrected chi connectivity index (χ4v) is 2.78. The predicted molar refractivity (Wildman–Crippen MR) is 79.1 cm³/mol. The molecule has 0 aliphatic heterocycles. The molecule has 2 rings (SSSR count). The van der Waals surface area contributed by atoms with Gasteiger partial charge in [0.1, 0.15) is 0 Å². The summed E-state index contributed by atoms with van der Waals surface area (Å²) in [5, 5.41) is 9.23. The maximum Gasteiger partial charge on any atom is 0.333 e. The lowest BCUT2D eigenvalue weighted by molar-refractivity contribution is -0.153. The summed E-state index contributed by atoms with van der Waals surface area (Å²) in [7, 11) is 0. The highest BCUT2D eigenvalue weighted by Crippen LogP contribution is 2.28. The number of carboxylic acids is 1. The molecule has 1 heterocycles. The molecule has 118 valence electrons. The zero-order valence-corrected chi connectivity index (χ0v) is 12.6. The lowest BCUT2D eigenvalue weighted by Crippen LogP contribution is -2.33. The summed E-state index contributed by atoms with van der Waals surface area (Å²) in [5.74, 6) is -0.970. The highest BCUT2D eigenvalue weighted by Gasteiger charge is 2.23. The van der Waals surface area contributed by atoms with Crippen LogP contribution in [0.25, 0.3) is 0 Å². The number of carbonyl (C=O) groups is 1. The van der Waals surface area contributed by atoms with Crippen LogP contribution in [0.15, 0.2) is 12.5 Å². The Kier molecular flexibility index (Phi) is 5.76. The Morgan fingerprint density at radius 1 is 1.52 bits per heavy atom. The molecule has 1 aliphatic rings. The number of rotatable bonds is 7. The van der Waals surface area contributed by atoms with Crippen molar-refractivity contribution in [1.82, 2.24) is 9.55 Å². The number of hydrogen-bond acceptors (Lipinski definition) is 4. The largest absolute Gasteiger partial charge is 0.479 e. The molecule has 1 unspecified atom stereocenters. The molecule has 0 aromatic carbocycles. The minimum atomic E-state index is -0.970. The molecule has 1 fully saturated rings. The van der Waals surface area contributed by atoms with Gasteiger partial charge in [0.25, 0.3) is 0 Å². The molecular weight excluding hydrogens is 270 g/mol. The van der Waals surface area contributed by atoms with Crippen molar-refractivity contribution in [3.63, 3.8) is 0 Å². The Labute approximate surface area is 125 Å². The smallest absolute Gasteiger partial charge is 0.333 e. The first-order valence-electron chi connectivity index (χ1n) is 7.71. The zero-order valence-electron chi connectivity index (χ0n) is 12.6. The molecule has 3 N–H and O–H groups in total. The van der Waals surface area contributed by atoms with Crippen LogP contribution in [0.5, 0.6) is 0 Å². The van der Waals surface area contributed by atoms with Crippen LogP contribution in [-0.4, -0.2) is 39.4 Å². The summed E-state index contributed by atoms with van der Waals surface area (Å²) in [6.45, 7) is 2.08. The van der Waals surface area contributed by atoms with Gasteiger partial charge in [0.15, 0.2) is 6.10 Å². The summed E-state index contributed by atoms with van der Waals surface area (Å²) < 4.78 is 7.57. The minimum absolute atomic E-state index is 0.272. The van der Waals surface area contributed by atoms with Crippen molar-refractivity contribution in [2.24, 2.45) is 5.73 Å². The van der Waals surface area contributed by atoms with Gasteiger partial charge in [-0.1, -0.05) is 19.3 Å². The quantitative estimate of drug-likeness (QED) is 0.799. The molecule has 6 nitrogen and oxygen atoms in total. The van der Waals surface area contributed by atoms with Crippen LogP contribution in [0, 0.1) is 0 Å². The second-order valence-corrected chi connectivity index (χ2v) is 5.82. The number of ether oxygens (including phenoxy) is 1. The van der Waals surface area contributed by atoms with Crippen molar-refractivity contribution in [3.05, 3.63) is 18.2 Å². The summed E-state index contributed by atoms with van der Waals surface area (Å²) >= 11 is 0. The van der Waals surface area contributed by atoms with E-state index in [1.165, 1.54) is 32.1 Å². The van der Waals surface area contributed by atoms with E-state index >= 15 is 0 Å². The van der Waals surface area contributed by atoms with Gasteiger partial charge < -0.3 is 20.1 Å². The van der Waals surface area contributed by atoms with Crippen LogP contribution >= 0.6 is 0 Å². The number of imidazole rings is 1. The Bertz CT molecular complexity index is 455. The fourth-order valence-electron chi connectivity index (χ4n) is 2.78. The number of hydrogen-bond donors (Lipinski definition) is 2. The van der Waals surface area contributed by atoms with E-state index in [0.717, 1.165) is 5.69 Å². The molecule has 2 atom stereocenters. The third-order valence-electron chi connectivity index (χ3n) is 4.05. The van der Waals surface area contributed by atoms with E-state index in [-0.39, 0.29) is 12.5 Å². The van der Waals surface area contributed by atoms with Crippen molar-refractivity contribution in [2.75, 3.05) is 6.54 Å². The summed E-state index contributed by atoms with van der Waals surface area (Å²) in [4.78, 5) is 15.6. The average molecular weight is 295 g/mol. The van der Waals surface area contributed by atoms with E-state index in [1.807, 2.05) is 12.5 Å². The van der Waals surface area contributed by atoms with E-state index < -0.39 is 12.1 Å². The van der Waals surface area contributed by atoms with E-state index in [4.69, 9.17) is 10.5 Å². The van der Waals surface area contributed by atoms with Crippen LogP contribution in [0.1, 0.15) is 50.8 Å². The molecule has 6 heteroatoms. The maximum absolute atomic E-state index is 11.3. The molecule has 0 spiro atoms. The van der Waals surface area contributed by atoms with Crippen LogP contribution in [0.4, 0.5) is 0 Å². The standard InChI is InChI=1S/C15H25N3O3/c1-11(8-16)21-14(15(19)20)7-12-9-18(10-17-12)13-5-3-2-4-6-13/h9-11,13-14H,2-8,16H2,1H3,(H,19,20)/t11-,14?/m1/s1. The molecule has 1 aliphatic carbocycles. The summed E-state index contributed by atoms with van der Waals surface area (Å²) in [5.41, 5.74) is 6.24. The first-order valence-corrected chi connectivity index (χ1v) is 7.71. The van der Waals surface area contributed by atoms with Gasteiger partial charge in [-0.25, -0.2) is 9.78 Å². The SMILES string of the molecule is C[C@H](CN)OC(Cc1cn(C2CCCCC2)cn1)C(=O)O. The normalized spacial score (nSPS) is 19.3. The van der Waals surface area contributed by atoms with E-state index in [2.05, 4.69) is 9.55 Å². The van der Waals surface area contributed by atoms with Gasteiger partial charge in [-0.15, -0.1) is 0 Å². The van der Waals surface area contributed by atoms with Crippen molar-refractivity contribution in [3.8, 4) is 0 Å². The van der Waals surface area contributed by atoms with Crippen LogP contribution < -0.4 is 5.73 Å². The van der Waals surface area contributed by atoms with Gasteiger partial charge in [-0.2, -0.15) is 0 Å². The van der Waals surface area contributed by atoms with Gasteiger partial charge >= 0.3 is 5.97 Å². The van der Waals surface area contributed by atoms with Crippen molar-refractivity contribution in [2.45, 2.75) is 63.7 Å². The third kappa shape index (κ3) is 4.54. The molecular formula is C15H25N3O3. The van der Waals surface area contributed by atoms with E-state index in [1.54, 1.807) is 6.92 Å². The Balaban J connectivity index is 1.97. The molecule has 1 saturated carbocycles. The average Bonchev–Trinajstić information content (AvgIpc) is 2.95. The van der Waals surface area contributed by atoms with Gasteiger partial charge in [0.2, 0.25) is 0 Å². The third-order valence-corrected chi connectivity index (χ3v) is 4.05. The van der Waals surface area contributed by atoms with Crippen molar-refractivity contribution < 1.29 is 14.6 Å². The summed E-state index contributed by atoms with van der Waals surface area (Å²) in [6, 6.07) is 0.507. The van der Waals surface area contributed by atoms with Crippen LogP contribution in [0.2, 0.25) is 0 Å². The molecule has 0 saturated heterocycles. The highest BCUT2D eigenvalue weighted by molar-refractivity contribution is 5.72. The maximum atomic E-state index is 11.3. The van der Waals surface area contributed by atoms with Gasteiger partial charge in [0.05, 0.1) is 18.1 Å². The number of nitrogens with two attached hydrogens (primary N) is 1. The Morgan fingerprint density at radius 2 is 2.24 bits per heavy atom. The molecule has 21 heavy (non-hydrogen) atoms.